The van der Waals surface area contributed by atoms with Crippen LogP contribution in [0.4, 0.5) is 37.7 Å². The average molecular weight is 525 g/mol. The summed E-state index contributed by atoms with van der Waals surface area (Å²) in [5, 5.41) is 2.27. The second kappa shape index (κ2) is 8.24. The highest BCUT2D eigenvalue weighted by atomic mass is 35.5. The van der Waals surface area contributed by atoms with Crippen molar-refractivity contribution in [3.05, 3.63) is 53.4 Å². The van der Waals surface area contributed by atoms with Crippen LogP contribution in [-0.2, 0) is 12.4 Å². The molecule has 0 atom stereocenters. The Kier molecular flexibility index (Phi) is 6.96. The fourth-order valence-corrected chi connectivity index (χ4v) is 4.07. The molecular formula is C14H2Cl6F6N2. The Hall–Kier alpha value is -0.640. The number of hydrogen-bond donors (Lipinski definition) is 0. The molecule has 0 saturated heterocycles. The van der Waals surface area contributed by atoms with Gasteiger partial charge in [0.05, 0.1) is 41.3 Å². The van der Waals surface area contributed by atoms with Crippen LogP contribution in [0.1, 0.15) is 11.1 Å². The number of alkyl halides is 6. The monoisotopic (exact) mass is 522 g/mol. The van der Waals surface area contributed by atoms with Crippen LogP contribution in [0.2, 0.25) is 30.1 Å². The third-order valence-corrected chi connectivity index (χ3v) is 5.02. The lowest BCUT2D eigenvalue weighted by Crippen LogP contribution is -2.07. The maximum atomic E-state index is 13.1. The lowest BCUT2D eigenvalue weighted by molar-refractivity contribution is -0.138. The quantitative estimate of drug-likeness (QED) is 0.276. The van der Waals surface area contributed by atoms with Gasteiger partial charge in [-0.15, -0.1) is 10.2 Å². The van der Waals surface area contributed by atoms with E-state index >= 15 is 0 Å². The van der Waals surface area contributed by atoms with Crippen LogP contribution in [0.3, 0.4) is 0 Å². The van der Waals surface area contributed by atoms with E-state index in [0.29, 0.717) is 12.1 Å². The topological polar surface area (TPSA) is 24.7 Å². The predicted molar refractivity (Wildman–Crippen MR) is 97.1 cm³/mol. The Labute approximate surface area is 182 Å². The lowest BCUT2D eigenvalue weighted by Gasteiger charge is -2.14. The molecule has 0 N–H and O–H groups in total. The molecule has 0 aliphatic heterocycles. The number of rotatable bonds is 2. The predicted octanol–water partition coefficient (Wildman–Crippen LogP) is 10.1. The van der Waals surface area contributed by atoms with E-state index in [0.717, 1.165) is 0 Å². The van der Waals surface area contributed by atoms with E-state index in [1.165, 1.54) is 0 Å². The molecule has 0 radical (unpaired) electrons. The molecule has 2 aromatic carbocycles. The average Bonchev–Trinajstić information content (AvgIpc) is 2.45. The van der Waals surface area contributed by atoms with Crippen molar-refractivity contribution in [2.75, 3.05) is 0 Å². The summed E-state index contributed by atoms with van der Waals surface area (Å²) < 4.78 is 78.5. The fraction of sp³-hybridized carbons (Fsp3) is 0.143. The summed E-state index contributed by atoms with van der Waals surface area (Å²) in [4.78, 5) is 0. The van der Waals surface area contributed by atoms with E-state index in [-0.39, 0.29) is 0 Å². The molecule has 0 saturated carbocycles. The van der Waals surface area contributed by atoms with Crippen LogP contribution < -0.4 is 0 Å². The molecule has 0 aromatic heterocycles. The van der Waals surface area contributed by atoms with Crippen molar-refractivity contribution < 1.29 is 26.3 Å². The fourth-order valence-electron chi connectivity index (χ4n) is 1.96. The molecule has 14 heteroatoms. The van der Waals surface area contributed by atoms with Crippen LogP contribution in [0, 0.1) is 0 Å². The molecule has 28 heavy (non-hydrogen) atoms. The summed E-state index contributed by atoms with van der Waals surface area (Å²) in [5.74, 6) is 0. The number of benzene rings is 2. The SMILES string of the molecule is FC(F)(F)c1c(Cl)cc(Cl)c(N=Nc2c(Cl)cc(Cl)c(C(F)(F)F)c2Cl)c1Cl. The molecule has 152 valence electrons. The minimum Gasteiger partial charge on any atom is -0.166 e. The Balaban J connectivity index is 2.69. The van der Waals surface area contributed by atoms with Gasteiger partial charge in [0.1, 0.15) is 11.4 Å². The second-order valence-electron chi connectivity index (χ2n) is 4.95. The summed E-state index contributed by atoms with van der Waals surface area (Å²) in [7, 11) is 0. The highest BCUT2D eigenvalue weighted by Crippen LogP contribution is 2.50. The smallest absolute Gasteiger partial charge is 0.166 e. The first-order valence-corrected chi connectivity index (χ1v) is 8.84. The zero-order chi connectivity index (χ0) is 21.6. The standard InChI is InChI=1S/C14H2Cl6F6N2/c15-3-1-5(17)11(9(19)7(3)13(21,22)23)27-28-12-6(18)2-4(16)8(10(12)20)14(24,25)26/h1-2H. The molecule has 2 nitrogen and oxygen atoms in total. The normalized spacial score (nSPS) is 12.9. The van der Waals surface area contributed by atoms with Crippen molar-refractivity contribution in [1.82, 2.24) is 0 Å². The third kappa shape index (κ3) is 4.74. The van der Waals surface area contributed by atoms with E-state index in [4.69, 9.17) is 69.6 Å². The van der Waals surface area contributed by atoms with E-state index in [2.05, 4.69) is 10.2 Å². The van der Waals surface area contributed by atoms with Crippen molar-refractivity contribution in [2.24, 2.45) is 10.2 Å². The summed E-state index contributed by atoms with van der Waals surface area (Å²) in [6.45, 7) is 0. The first-order valence-electron chi connectivity index (χ1n) is 6.57. The number of nitrogens with zero attached hydrogens (tertiary/aromatic N) is 2. The van der Waals surface area contributed by atoms with Gasteiger partial charge in [-0.2, -0.15) is 26.3 Å². The van der Waals surface area contributed by atoms with Crippen molar-refractivity contribution in [3.63, 3.8) is 0 Å². The molecule has 0 unspecified atom stereocenters. The summed E-state index contributed by atoms with van der Waals surface area (Å²) in [6, 6.07) is 1.41. The lowest BCUT2D eigenvalue weighted by atomic mass is 10.2. The van der Waals surface area contributed by atoms with E-state index in [1.54, 1.807) is 0 Å². The van der Waals surface area contributed by atoms with Gasteiger partial charge in [0.15, 0.2) is 0 Å². The van der Waals surface area contributed by atoms with Gasteiger partial charge < -0.3 is 0 Å². The number of azo groups is 1. The molecule has 2 rings (SSSR count). The Bertz CT molecular complexity index is 893. The zero-order valence-electron chi connectivity index (χ0n) is 12.6. The Morgan fingerprint density at radius 3 is 1.07 bits per heavy atom. The molecule has 0 heterocycles. The van der Waals surface area contributed by atoms with Crippen molar-refractivity contribution in [3.8, 4) is 0 Å². The molecule has 0 amide bonds. The molecule has 0 aliphatic carbocycles. The highest BCUT2D eigenvalue weighted by molar-refractivity contribution is 6.43. The Morgan fingerprint density at radius 1 is 0.536 bits per heavy atom. The van der Waals surface area contributed by atoms with Gasteiger partial charge in [-0.25, -0.2) is 0 Å². The van der Waals surface area contributed by atoms with E-state index in [1.807, 2.05) is 0 Å². The van der Waals surface area contributed by atoms with Crippen LogP contribution in [0.5, 0.6) is 0 Å². The first kappa shape index (κ1) is 23.6. The van der Waals surface area contributed by atoms with Crippen molar-refractivity contribution in [2.45, 2.75) is 12.4 Å². The van der Waals surface area contributed by atoms with E-state index < -0.39 is 65.0 Å². The molecule has 0 spiro atoms. The van der Waals surface area contributed by atoms with Crippen LogP contribution in [0.15, 0.2) is 22.4 Å². The second-order valence-corrected chi connectivity index (χ2v) is 7.34. The molecule has 0 aliphatic rings. The van der Waals surface area contributed by atoms with Gasteiger partial charge in [-0.3, -0.25) is 0 Å². The van der Waals surface area contributed by atoms with Gasteiger partial charge >= 0.3 is 12.4 Å². The van der Waals surface area contributed by atoms with Crippen LogP contribution >= 0.6 is 69.6 Å². The first-order chi connectivity index (χ1) is 12.7. The summed E-state index contributed by atoms with van der Waals surface area (Å²) >= 11 is 33.9. The van der Waals surface area contributed by atoms with Crippen molar-refractivity contribution >= 4 is 81.0 Å². The highest BCUT2D eigenvalue weighted by Gasteiger charge is 2.39. The van der Waals surface area contributed by atoms with Crippen LogP contribution in [0.25, 0.3) is 0 Å². The zero-order valence-corrected chi connectivity index (χ0v) is 17.1. The maximum absolute atomic E-state index is 13.1. The van der Waals surface area contributed by atoms with Crippen molar-refractivity contribution in [1.29, 1.82) is 0 Å². The molecule has 2 aromatic rings. The van der Waals surface area contributed by atoms with Gasteiger partial charge in [-0.05, 0) is 12.1 Å². The minimum absolute atomic E-state index is 0.441. The van der Waals surface area contributed by atoms with Gasteiger partial charge in [0.25, 0.3) is 0 Å². The minimum atomic E-state index is -4.96. The maximum Gasteiger partial charge on any atom is 0.419 e. The van der Waals surface area contributed by atoms with E-state index in [9.17, 15) is 26.3 Å². The largest absolute Gasteiger partial charge is 0.419 e. The third-order valence-electron chi connectivity index (χ3n) is 3.11. The summed E-state index contributed by atoms with van der Waals surface area (Å²) in [6.07, 6.45) is -9.91. The van der Waals surface area contributed by atoms with Gasteiger partial charge in [-0.1, -0.05) is 69.6 Å². The molecule has 0 fully saturated rings. The number of hydrogen-bond acceptors (Lipinski definition) is 2. The Morgan fingerprint density at radius 2 is 0.821 bits per heavy atom. The van der Waals surface area contributed by atoms with Gasteiger partial charge in [0.2, 0.25) is 0 Å². The van der Waals surface area contributed by atoms with Crippen LogP contribution in [-0.4, -0.2) is 0 Å². The molecular weight excluding hydrogens is 523 g/mol. The molecule has 0 bridgehead atoms. The number of halogens is 12. The summed E-state index contributed by atoms with van der Waals surface area (Å²) in [5.41, 5.74) is -4.29. The van der Waals surface area contributed by atoms with Gasteiger partial charge in [0, 0.05) is 0 Å².